The van der Waals surface area contributed by atoms with E-state index in [4.69, 9.17) is 10.5 Å². The highest BCUT2D eigenvalue weighted by atomic mass is 19.3. The number of alkyl halides is 2. The van der Waals surface area contributed by atoms with Gasteiger partial charge in [-0.3, -0.25) is 4.98 Å². The second kappa shape index (κ2) is 6.41. The van der Waals surface area contributed by atoms with Gasteiger partial charge in [0.1, 0.15) is 12.4 Å². The Morgan fingerprint density at radius 3 is 3.00 bits per heavy atom. The lowest BCUT2D eigenvalue weighted by molar-refractivity contribution is 0.127. The van der Waals surface area contributed by atoms with E-state index < -0.39 is 24.7 Å². The van der Waals surface area contributed by atoms with E-state index in [0.717, 1.165) is 5.39 Å². The molecule has 26 heavy (non-hydrogen) atoms. The highest BCUT2D eigenvalue weighted by molar-refractivity contribution is 5.82. The van der Waals surface area contributed by atoms with Crippen LogP contribution in [0.25, 0.3) is 10.9 Å². The van der Waals surface area contributed by atoms with Crippen molar-refractivity contribution in [3.05, 3.63) is 52.1 Å². The Hall–Kier alpha value is -2.94. The van der Waals surface area contributed by atoms with Gasteiger partial charge in [0.2, 0.25) is 5.88 Å². The van der Waals surface area contributed by atoms with E-state index in [-0.39, 0.29) is 18.3 Å². The summed E-state index contributed by atoms with van der Waals surface area (Å²) < 4.78 is 33.6. The van der Waals surface area contributed by atoms with Gasteiger partial charge in [0.15, 0.2) is 0 Å². The van der Waals surface area contributed by atoms with Gasteiger partial charge in [0, 0.05) is 17.8 Å². The van der Waals surface area contributed by atoms with E-state index >= 15 is 0 Å². The molecule has 0 saturated heterocycles. The molecule has 7 nitrogen and oxygen atoms in total. The summed E-state index contributed by atoms with van der Waals surface area (Å²) in [5.74, 6) is 0.225. The molecular weight excluding hydrogens is 344 g/mol. The molecule has 0 spiro atoms. The molecule has 4 N–H and O–H groups in total. The van der Waals surface area contributed by atoms with Gasteiger partial charge < -0.3 is 20.4 Å². The molecule has 0 amide bonds. The number of aromatic nitrogens is 3. The van der Waals surface area contributed by atoms with E-state index in [0.29, 0.717) is 23.3 Å². The van der Waals surface area contributed by atoms with Crippen molar-refractivity contribution in [2.24, 2.45) is 0 Å². The minimum atomic E-state index is -2.52. The number of nitrogens with one attached hydrogen (secondary N) is 2. The molecule has 1 aromatic carbocycles. The monoisotopic (exact) mass is 361 g/mol. The predicted molar refractivity (Wildman–Crippen MR) is 92.6 cm³/mol. The van der Waals surface area contributed by atoms with Crippen LogP contribution in [-0.2, 0) is 6.54 Å². The smallest absolute Gasteiger partial charge is 0.349 e. The number of H-pyrrole nitrogens is 1. The third-order valence-corrected chi connectivity index (χ3v) is 4.40. The number of para-hydroxylation sites is 1. The van der Waals surface area contributed by atoms with Gasteiger partial charge >= 0.3 is 5.69 Å². The Balaban J connectivity index is 1.94. The lowest BCUT2D eigenvalue weighted by atomic mass is 10.0. The molecule has 1 unspecified atom stereocenters. The minimum Gasteiger partial charge on any atom is -0.476 e. The molecule has 3 heterocycles. The first-order chi connectivity index (χ1) is 12.5. The Morgan fingerprint density at radius 2 is 2.19 bits per heavy atom. The summed E-state index contributed by atoms with van der Waals surface area (Å²) in [6.45, 7) is 0.285. The minimum absolute atomic E-state index is 0.105. The molecule has 4 rings (SSSR count). The van der Waals surface area contributed by atoms with Crippen LogP contribution in [0.3, 0.4) is 0 Å². The number of aromatic amines is 1. The van der Waals surface area contributed by atoms with Gasteiger partial charge in [-0.05, 0) is 17.5 Å². The fourth-order valence-corrected chi connectivity index (χ4v) is 3.39. The number of hydrogen-bond acceptors (Lipinski definition) is 5. The molecule has 1 atom stereocenters. The molecule has 1 aliphatic heterocycles. The van der Waals surface area contributed by atoms with Gasteiger partial charge in [-0.15, -0.1) is 0 Å². The lowest BCUT2D eigenvalue weighted by Gasteiger charge is -2.21. The summed E-state index contributed by atoms with van der Waals surface area (Å²) in [6.07, 6.45) is -2.52. The number of fused-ring (bicyclic) bond motifs is 2. The number of anilines is 1. The third kappa shape index (κ3) is 2.80. The van der Waals surface area contributed by atoms with Crippen molar-refractivity contribution < 1.29 is 13.5 Å². The SMILES string of the molecule is Nc1[nH]c(=O)nc2c1C(c1cc3ccccc3n1CC(F)F)NCCO2. The number of nitrogens with zero attached hydrogens (tertiary/aromatic N) is 2. The van der Waals surface area contributed by atoms with Crippen molar-refractivity contribution in [1.29, 1.82) is 0 Å². The van der Waals surface area contributed by atoms with Crippen molar-refractivity contribution in [3.8, 4) is 5.88 Å². The van der Waals surface area contributed by atoms with Crippen LogP contribution in [0.15, 0.2) is 35.1 Å². The molecule has 136 valence electrons. The number of ether oxygens (including phenoxy) is 1. The first-order valence-corrected chi connectivity index (χ1v) is 8.17. The summed E-state index contributed by atoms with van der Waals surface area (Å²) in [6, 6.07) is 8.62. The van der Waals surface area contributed by atoms with Crippen molar-refractivity contribution in [2.75, 3.05) is 18.9 Å². The third-order valence-electron chi connectivity index (χ3n) is 4.40. The van der Waals surface area contributed by atoms with Crippen molar-refractivity contribution in [2.45, 2.75) is 19.0 Å². The summed E-state index contributed by atoms with van der Waals surface area (Å²) >= 11 is 0. The topological polar surface area (TPSA) is 98.0 Å². The van der Waals surface area contributed by atoms with Crippen LogP contribution in [0.5, 0.6) is 5.88 Å². The maximum atomic E-state index is 13.2. The quantitative estimate of drug-likeness (QED) is 0.659. The fraction of sp³-hybridized carbons (Fsp3) is 0.294. The zero-order valence-corrected chi connectivity index (χ0v) is 13.7. The number of nitrogens with two attached hydrogens (primary N) is 1. The van der Waals surface area contributed by atoms with Crippen LogP contribution >= 0.6 is 0 Å². The Morgan fingerprint density at radius 1 is 1.38 bits per heavy atom. The molecule has 9 heteroatoms. The number of nitrogen functional groups attached to an aromatic ring is 1. The molecule has 0 bridgehead atoms. The summed E-state index contributed by atoms with van der Waals surface area (Å²) in [4.78, 5) is 17.9. The molecule has 0 radical (unpaired) electrons. The molecule has 1 aliphatic rings. The normalized spacial score (nSPS) is 17.1. The Kier molecular flexibility index (Phi) is 4.08. The lowest BCUT2D eigenvalue weighted by Crippen LogP contribution is -2.28. The van der Waals surface area contributed by atoms with Crippen molar-refractivity contribution >= 4 is 16.7 Å². The van der Waals surface area contributed by atoms with Crippen molar-refractivity contribution in [3.63, 3.8) is 0 Å². The second-order valence-corrected chi connectivity index (χ2v) is 6.04. The highest BCUT2D eigenvalue weighted by Crippen LogP contribution is 2.35. The van der Waals surface area contributed by atoms with Crippen LogP contribution in [0, 0.1) is 0 Å². The molecule has 0 aliphatic carbocycles. The van der Waals surface area contributed by atoms with E-state index in [2.05, 4.69) is 15.3 Å². The highest BCUT2D eigenvalue weighted by Gasteiger charge is 2.29. The molecular formula is C17H17F2N5O2. The van der Waals surface area contributed by atoms with Crippen LogP contribution < -0.4 is 21.5 Å². The standard InChI is InChI=1S/C17H17F2N5O2/c18-12(19)8-24-10-4-2-1-3-9(10)7-11(24)14-13-15(20)22-17(25)23-16(13)26-6-5-21-14/h1-4,7,12,14,21H,5-6,8H2,(H3,20,22,23,25). The van der Waals surface area contributed by atoms with Gasteiger partial charge in [-0.1, -0.05) is 18.2 Å². The van der Waals surface area contributed by atoms with E-state index in [1.807, 2.05) is 18.2 Å². The molecule has 3 aromatic rings. The van der Waals surface area contributed by atoms with Crippen LogP contribution in [0.2, 0.25) is 0 Å². The summed E-state index contributed by atoms with van der Waals surface area (Å²) in [5.41, 5.74) is 7.15. The average molecular weight is 361 g/mol. The fourth-order valence-electron chi connectivity index (χ4n) is 3.39. The molecule has 0 saturated carbocycles. The molecule has 0 fully saturated rings. The Bertz CT molecular complexity index is 1010. The van der Waals surface area contributed by atoms with E-state index in [1.165, 1.54) is 0 Å². The predicted octanol–water partition coefficient (Wildman–Crippen LogP) is 1.64. The zero-order chi connectivity index (χ0) is 18.3. The Labute approximate surface area is 146 Å². The summed E-state index contributed by atoms with van der Waals surface area (Å²) in [7, 11) is 0. The second-order valence-electron chi connectivity index (χ2n) is 6.04. The van der Waals surface area contributed by atoms with Gasteiger partial charge in [-0.2, -0.15) is 4.98 Å². The van der Waals surface area contributed by atoms with Crippen molar-refractivity contribution in [1.82, 2.24) is 19.9 Å². The van der Waals surface area contributed by atoms with Crippen LogP contribution in [-0.4, -0.2) is 34.1 Å². The van der Waals surface area contributed by atoms with E-state index in [1.54, 1.807) is 16.7 Å². The van der Waals surface area contributed by atoms with E-state index in [9.17, 15) is 13.6 Å². The average Bonchev–Trinajstić information content (AvgIpc) is 2.80. The van der Waals surface area contributed by atoms with Crippen LogP contribution in [0.4, 0.5) is 14.6 Å². The number of rotatable bonds is 3. The van der Waals surface area contributed by atoms with Crippen LogP contribution in [0.1, 0.15) is 17.3 Å². The first kappa shape index (κ1) is 16.5. The maximum Gasteiger partial charge on any atom is 0.349 e. The maximum absolute atomic E-state index is 13.2. The number of halogens is 2. The van der Waals surface area contributed by atoms with Gasteiger partial charge in [-0.25, -0.2) is 13.6 Å². The number of benzene rings is 1. The molecule has 2 aromatic heterocycles. The zero-order valence-electron chi connectivity index (χ0n) is 13.7. The largest absolute Gasteiger partial charge is 0.476 e. The van der Waals surface area contributed by atoms with Gasteiger partial charge in [0.05, 0.1) is 18.2 Å². The van der Waals surface area contributed by atoms with Gasteiger partial charge in [0.25, 0.3) is 6.43 Å². The first-order valence-electron chi connectivity index (χ1n) is 8.17. The number of hydrogen-bond donors (Lipinski definition) is 3. The summed E-state index contributed by atoms with van der Waals surface area (Å²) in [5, 5.41) is 4.10.